The Labute approximate surface area is 89.8 Å². The molecule has 0 fully saturated rings. The van der Waals surface area contributed by atoms with E-state index in [1.165, 1.54) is 12.0 Å². The van der Waals surface area contributed by atoms with E-state index in [-0.39, 0.29) is 0 Å². The molecule has 0 aliphatic rings. The Morgan fingerprint density at radius 2 is 1.86 bits per heavy atom. The number of nitrogens with zero attached hydrogens (tertiary/aromatic N) is 1. The first-order valence-electron chi connectivity index (χ1n) is 5.37. The van der Waals surface area contributed by atoms with Gasteiger partial charge in [-0.2, -0.15) is 0 Å². The maximum atomic E-state index is 3.75. The molecule has 0 aliphatic carbocycles. The third-order valence-corrected chi connectivity index (χ3v) is 1.65. The summed E-state index contributed by atoms with van der Waals surface area (Å²) in [5, 5.41) is 0. The van der Waals surface area contributed by atoms with Gasteiger partial charge in [0, 0.05) is 6.54 Å². The maximum absolute atomic E-state index is 3.75. The molecule has 82 valence electrons. The van der Waals surface area contributed by atoms with Gasteiger partial charge in [0.1, 0.15) is 0 Å². The summed E-state index contributed by atoms with van der Waals surface area (Å²) in [6.07, 6.45) is 6.87. The standard InChI is InChI=1S/C11H19N.C2H6/c1-5-8-11(7-3)10-12(4)9-6-2;1-2/h5,7-8H,1,3,6,9-10H2,2,4H3;1-2H3/b11-8+;. The lowest BCUT2D eigenvalue weighted by molar-refractivity contribution is 0.365. The topological polar surface area (TPSA) is 3.24 Å². The molecule has 0 aromatic rings. The average molecular weight is 195 g/mol. The molecule has 0 heterocycles. The SMILES string of the molecule is C=C/C=C(\C=C)CN(C)CCC.CC. The second-order valence-corrected chi connectivity index (χ2v) is 2.92. The molecule has 0 saturated carbocycles. The van der Waals surface area contributed by atoms with Gasteiger partial charge in [0.05, 0.1) is 0 Å². The molecule has 14 heavy (non-hydrogen) atoms. The summed E-state index contributed by atoms with van der Waals surface area (Å²) in [7, 11) is 2.12. The lowest BCUT2D eigenvalue weighted by Crippen LogP contribution is -2.21. The van der Waals surface area contributed by atoms with Crippen molar-refractivity contribution in [1.29, 1.82) is 0 Å². The Morgan fingerprint density at radius 3 is 2.21 bits per heavy atom. The van der Waals surface area contributed by atoms with E-state index in [4.69, 9.17) is 0 Å². The maximum Gasteiger partial charge on any atom is 0.0230 e. The number of hydrogen-bond acceptors (Lipinski definition) is 1. The van der Waals surface area contributed by atoms with Gasteiger partial charge in [-0.1, -0.05) is 52.2 Å². The summed E-state index contributed by atoms with van der Waals surface area (Å²) in [5.41, 5.74) is 1.22. The minimum Gasteiger partial charge on any atom is -0.302 e. The Balaban J connectivity index is 0. The van der Waals surface area contributed by atoms with Gasteiger partial charge in [0.25, 0.3) is 0 Å². The molecule has 0 N–H and O–H groups in total. The highest BCUT2D eigenvalue weighted by Crippen LogP contribution is 1.99. The largest absolute Gasteiger partial charge is 0.302 e. The zero-order valence-electron chi connectivity index (χ0n) is 10.2. The summed E-state index contributed by atoms with van der Waals surface area (Å²) in [6, 6.07) is 0. The van der Waals surface area contributed by atoms with Gasteiger partial charge in [-0.3, -0.25) is 0 Å². The van der Waals surface area contributed by atoms with Crippen LogP contribution in [0.25, 0.3) is 0 Å². The first kappa shape index (κ1) is 15.6. The van der Waals surface area contributed by atoms with Crippen LogP contribution in [0, 0.1) is 0 Å². The molecule has 0 amide bonds. The zero-order valence-corrected chi connectivity index (χ0v) is 10.2. The van der Waals surface area contributed by atoms with Crippen LogP contribution >= 0.6 is 0 Å². The molecule has 0 atom stereocenters. The molecule has 0 rings (SSSR count). The normalized spacial score (nSPS) is 10.5. The minimum absolute atomic E-state index is 0.962. The predicted molar refractivity (Wildman–Crippen MR) is 67.6 cm³/mol. The van der Waals surface area contributed by atoms with Crippen LogP contribution in [0.1, 0.15) is 27.2 Å². The van der Waals surface area contributed by atoms with E-state index in [0.29, 0.717) is 0 Å². The molecule has 0 aliphatic heterocycles. The summed E-state index contributed by atoms with van der Waals surface area (Å²) in [4.78, 5) is 2.27. The predicted octanol–water partition coefficient (Wildman–Crippen LogP) is 3.65. The molecular weight excluding hydrogens is 170 g/mol. The van der Waals surface area contributed by atoms with Gasteiger partial charge < -0.3 is 4.90 Å². The smallest absolute Gasteiger partial charge is 0.0230 e. The van der Waals surface area contributed by atoms with Crippen LogP contribution in [0.3, 0.4) is 0 Å². The summed E-state index contributed by atoms with van der Waals surface area (Å²) < 4.78 is 0. The molecule has 1 heteroatoms. The van der Waals surface area contributed by atoms with Gasteiger partial charge >= 0.3 is 0 Å². The van der Waals surface area contributed by atoms with Crippen molar-refractivity contribution in [2.45, 2.75) is 27.2 Å². The molecule has 0 spiro atoms. The monoisotopic (exact) mass is 195 g/mol. The lowest BCUT2D eigenvalue weighted by atomic mass is 10.2. The Morgan fingerprint density at radius 1 is 1.29 bits per heavy atom. The minimum atomic E-state index is 0.962. The molecule has 0 aromatic carbocycles. The van der Waals surface area contributed by atoms with Crippen LogP contribution in [0.15, 0.2) is 37.0 Å². The molecule has 1 nitrogen and oxygen atoms in total. The first-order chi connectivity index (χ1) is 6.74. The van der Waals surface area contributed by atoms with E-state index >= 15 is 0 Å². The van der Waals surface area contributed by atoms with Crippen LogP contribution in [-0.4, -0.2) is 25.0 Å². The highest BCUT2D eigenvalue weighted by Gasteiger charge is 1.96. The van der Waals surface area contributed by atoms with E-state index in [9.17, 15) is 0 Å². The van der Waals surface area contributed by atoms with Crippen molar-refractivity contribution in [3.63, 3.8) is 0 Å². The van der Waals surface area contributed by atoms with Gasteiger partial charge in [0.15, 0.2) is 0 Å². The van der Waals surface area contributed by atoms with Crippen molar-refractivity contribution < 1.29 is 0 Å². The van der Waals surface area contributed by atoms with E-state index < -0.39 is 0 Å². The average Bonchev–Trinajstić information content (AvgIpc) is 2.20. The second-order valence-electron chi connectivity index (χ2n) is 2.92. The summed E-state index contributed by atoms with van der Waals surface area (Å²) >= 11 is 0. The fraction of sp³-hybridized carbons (Fsp3) is 0.538. The van der Waals surface area contributed by atoms with Gasteiger partial charge in [0.2, 0.25) is 0 Å². The van der Waals surface area contributed by atoms with Crippen molar-refractivity contribution >= 4 is 0 Å². The molecule has 0 unspecified atom stereocenters. The fourth-order valence-corrected chi connectivity index (χ4v) is 1.11. The van der Waals surface area contributed by atoms with E-state index in [2.05, 4.69) is 32.0 Å². The number of hydrogen-bond donors (Lipinski definition) is 0. The van der Waals surface area contributed by atoms with Crippen LogP contribution in [0.2, 0.25) is 0 Å². The molecular formula is C13H25N. The van der Waals surface area contributed by atoms with Crippen molar-refractivity contribution in [1.82, 2.24) is 4.90 Å². The van der Waals surface area contributed by atoms with Crippen LogP contribution in [0.4, 0.5) is 0 Å². The van der Waals surface area contributed by atoms with Crippen LogP contribution in [-0.2, 0) is 0 Å². The summed E-state index contributed by atoms with van der Waals surface area (Å²) in [6.45, 7) is 15.7. The molecule has 0 radical (unpaired) electrons. The van der Waals surface area contributed by atoms with Crippen molar-refractivity contribution in [2.75, 3.05) is 20.1 Å². The molecule has 0 bridgehead atoms. The van der Waals surface area contributed by atoms with Crippen LogP contribution in [0.5, 0.6) is 0 Å². The lowest BCUT2D eigenvalue weighted by Gasteiger charge is -2.15. The number of likely N-dealkylation sites (N-methyl/N-ethyl adjacent to an activating group) is 1. The molecule has 0 saturated heterocycles. The number of allylic oxidation sites excluding steroid dienone is 2. The van der Waals surface area contributed by atoms with Gasteiger partial charge in [-0.15, -0.1) is 0 Å². The van der Waals surface area contributed by atoms with Crippen LogP contribution < -0.4 is 0 Å². The van der Waals surface area contributed by atoms with Crippen molar-refractivity contribution in [2.24, 2.45) is 0 Å². The Hall–Kier alpha value is -0.820. The third kappa shape index (κ3) is 9.27. The Bertz CT molecular complexity index is 168. The van der Waals surface area contributed by atoms with E-state index in [0.717, 1.165) is 13.1 Å². The van der Waals surface area contributed by atoms with Crippen molar-refractivity contribution in [3.8, 4) is 0 Å². The van der Waals surface area contributed by atoms with Gasteiger partial charge in [-0.25, -0.2) is 0 Å². The highest BCUT2D eigenvalue weighted by atomic mass is 15.1. The van der Waals surface area contributed by atoms with E-state index in [1.807, 2.05) is 26.0 Å². The first-order valence-corrected chi connectivity index (χ1v) is 5.37. The fourth-order valence-electron chi connectivity index (χ4n) is 1.11. The van der Waals surface area contributed by atoms with E-state index in [1.54, 1.807) is 6.08 Å². The highest BCUT2D eigenvalue weighted by molar-refractivity contribution is 5.22. The second kappa shape index (κ2) is 12.2. The summed E-state index contributed by atoms with van der Waals surface area (Å²) in [5.74, 6) is 0. The van der Waals surface area contributed by atoms with Crippen molar-refractivity contribution in [3.05, 3.63) is 37.0 Å². The third-order valence-electron chi connectivity index (χ3n) is 1.65. The molecule has 0 aromatic heterocycles. The Kier molecular flexibility index (Phi) is 13.6. The quantitative estimate of drug-likeness (QED) is 0.585. The van der Waals surface area contributed by atoms with Gasteiger partial charge in [-0.05, 0) is 25.6 Å². The zero-order chi connectivity index (χ0) is 11.4. The number of rotatable bonds is 6.